The first-order chi connectivity index (χ1) is 8.99. The Morgan fingerprint density at radius 3 is 2.84 bits per heavy atom. The van der Waals surface area contributed by atoms with Crippen LogP contribution in [0, 0.1) is 0 Å². The molecule has 4 nitrogen and oxygen atoms in total. The molecule has 2 N–H and O–H groups in total. The Balaban J connectivity index is 2.24. The topological polar surface area (TPSA) is 51.4 Å². The van der Waals surface area contributed by atoms with Crippen LogP contribution in [0.1, 0.15) is 27.7 Å². The summed E-state index contributed by atoms with van der Waals surface area (Å²) in [7, 11) is 0. The fourth-order valence-corrected chi connectivity index (χ4v) is 3.27. The predicted molar refractivity (Wildman–Crippen MR) is 83.1 cm³/mol. The van der Waals surface area contributed by atoms with E-state index in [-0.39, 0.29) is 6.10 Å². The first-order valence-electron chi connectivity index (χ1n) is 6.80. The molecule has 1 aliphatic heterocycles. The summed E-state index contributed by atoms with van der Waals surface area (Å²) >= 11 is 2.02. The Bertz CT molecular complexity index is 439. The lowest BCUT2D eigenvalue weighted by Crippen LogP contribution is -2.45. The van der Waals surface area contributed by atoms with Crippen LogP contribution in [-0.4, -0.2) is 34.7 Å². The van der Waals surface area contributed by atoms with Crippen molar-refractivity contribution in [1.29, 1.82) is 0 Å². The average molecular weight is 281 g/mol. The first-order valence-corrected chi connectivity index (χ1v) is 7.85. The van der Waals surface area contributed by atoms with E-state index in [0.717, 1.165) is 18.1 Å². The summed E-state index contributed by atoms with van der Waals surface area (Å²) in [6.07, 6.45) is 0.0818. The molecular weight excluding hydrogens is 258 g/mol. The average Bonchev–Trinajstić information content (AvgIpc) is 2.35. The highest BCUT2D eigenvalue weighted by Crippen LogP contribution is 2.30. The van der Waals surface area contributed by atoms with Gasteiger partial charge in [0.05, 0.1) is 11.8 Å². The molecule has 0 spiro atoms. The summed E-state index contributed by atoms with van der Waals surface area (Å²) in [6, 6.07) is 4.35. The second-order valence-electron chi connectivity index (χ2n) is 5.24. The third-order valence-corrected chi connectivity index (χ3v) is 4.74. The van der Waals surface area contributed by atoms with Crippen molar-refractivity contribution < 1.29 is 4.74 Å². The number of rotatable bonds is 3. The van der Waals surface area contributed by atoms with E-state index < -0.39 is 0 Å². The number of nitrogens with two attached hydrogens (primary N) is 1. The van der Waals surface area contributed by atoms with E-state index in [9.17, 15) is 0 Å². The van der Waals surface area contributed by atoms with Gasteiger partial charge in [-0.3, -0.25) is 0 Å². The lowest BCUT2D eigenvalue weighted by molar-refractivity contribution is 0.234. The maximum absolute atomic E-state index is 5.92. The monoisotopic (exact) mass is 281 g/mol. The number of hydrogen-bond donors (Lipinski definition) is 1. The van der Waals surface area contributed by atoms with Crippen molar-refractivity contribution in [3.05, 3.63) is 12.1 Å². The SMILES string of the molecule is CC(C)Oc1nc(N2CCSC(C)C2C)ccc1N. The highest BCUT2D eigenvalue weighted by atomic mass is 32.2. The fourth-order valence-electron chi connectivity index (χ4n) is 2.18. The molecule has 106 valence electrons. The van der Waals surface area contributed by atoms with Gasteiger partial charge in [-0.05, 0) is 32.9 Å². The standard InChI is InChI=1S/C14H23N3OS/c1-9(2)18-14-12(15)5-6-13(16-14)17-7-8-19-11(4)10(17)3/h5-6,9-11H,7-8,15H2,1-4H3. The van der Waals surface area contributed by atoms with Crippen LogP contribution in [0.3, 0.4) is 0 Å². The number of anilines is 2. The van der Waals surface area contributed by atoms with E-state index in [4.69, 9.17) is 10.5 Å². The minimum atomic E-state index is 0.0818. The van der Waals surface area contributed by atoms with E-state index in [1.165, 1.54) is 0 Å². The van der Waals surface area contributed by atoms with Crippen molar-refractivity contribution in [3.63, 3.8) is 0 Å². The van der Waals surface area contributed by atoms with Gasteiger partial charge in [0.25, 0.3) is 0 Å². The molecule has 0 aromatic carbocycles. The molecule has 1 aromatic rings. The molecule has 0 bridgehead atoms. The Morgan fingerprint density at radius 2 is 2.16 bits per heavy atom. The highest BCUT2D eigenvalue weighted by Gasteiger charge is 2.26. The van der Waals surface area contributed by atoms with Crippen molar-refractivity contribution in [3.8, 4) is 5.88 Å². The largest absolute Gasteiger partial charge is 0.473 e. The van der Waals surface area contributed by atoms with Gasteiger partial charge in [-0.1, -0.05) is 6.92 Å². The molecule has 2 rings (SSSR count). The van der Waals surface area contributed by atoms with Gasteiger partial charge in [0.2, 0.25) is 5.88 Å². The van der Waals surface area contributed by atoms with Crippen LogP contribution >= 0.6 is 11.8 Å². The molecule has 2 atom stereocenters. The van der Waals surface area contributed by atoms with Gasteiger partial charge in [-0.25, -0.2) is 0 Å². The zero-order chi connectivity index (χ0) is 14.0. The number of pyridine rings is 1. The summed E-state index contributed by atoms with van der Waals surface area (Å²) < 4.78 is 5.67. The summed E-state index contributed by atoms with van der Waals surface area (Å²) in [5, 5.41) is 0.613. The lowest BCUT2D eigenvalue weighted by atomic mass is 10.2. The zero-order valence-corrected chi connectivity index (χ0v) is 12.9. The van der Waals surface area contributed by atoms with Crippen molar-refractivity contribution in [2.24, 2.45) is 0 Å². The highest BCUT2D eigenvalue weighted by molar-refractivity contribution is 8.00. The van der Waals surface area contributed by atoms with Crippen molar-refractivity contribution in [2.45, 2.75) is 45.1 Å². The molecule has 0 radical (unpaired) electrons. The normalized spacial score (nSPS) is 23.7. The summed E-state index contributed by atoms with van der Waals surface area (Å²) in [4.78, 5) is 6.93. The molecule has 19 heavy (non-hydrogen) atoms. The minimum Gasteiger partial charge on any atom is -0.473 e. The van der Waals surface area contributed by atoms with Gasteiger partial charge >= 0.3 is 0 Å². The quantitative estimate of drug-likeness (QED) is 0.923. The molecular formula is C14H23N3OS. The molecule has 1 aromatic heterocycles. The molecule has 1 aliphatic rings. The van der Waals surface area contributed by atoms with E-state index in [1.54, 1.807) is 0 Å². The van der Waals surface area contributed by atoms with E-state index in [0.29, 0.717) is 22.9 Å². The first kappa shape index (κ1) is 14.3. The molecule has 1 saturated heterocycles. The maximum Gasteiger partial charge on any atom is 0.239 e. The third kappa shape index (κ3) is 3.26. The Morgan fingerprint density at radius 1 is 1.42 bits per heavy atom. The summed E-state index contributed by atoms with van der Waals surface area (Å²) in [6.45, 7) is 9.50. The lowest BCUT2D eigenvalue weighted by Gasteiger charge is -2.38. The fraction of sp³-hybridized carbons (Fsp3) is 0.643. The van der Waals surface area contributed by atoms with Gasteiger partial charge in [0, 0.05) is 23.6 Å². The summed E-state index contributed by atoms with van der Waals surface area (Å²) in [5.74, 6) is 2.65. The number of ether oxygens (including phenoxy) is 1. The number of nitrogens with zero attached hydrogens (tertiary/aromatic N) is 2. The third-order valence-electron chi connectivity index (χ3n) is 3.40. The second-order valence-corrected chi connectivity index (χ2v) is 6.73. The molecule has 0 amide bonds. The molecule has 2 unspecified atom stereocenters. The molecule has 0 saturated carbocycles. The van der Waals surface area contributed by atoms with Crippen LogP contribution in [0.25, 0.3) is 0 Å². The maximum atomic E-state index is 5.92. The second kappa shape index (κ2) is 5.90. The van der Waals surface area contributed by atoms with E-state index in [1.807, 2.05) is 37.7 Å². The molecule has 1 fully saturated rings. The zero-order valence-electron chi connectivity index (χ0n) is 12.1. The van der Waals surface area contributed by atoms with Gasteiger partial charge in [-0.2, -0.15) is 16.7 Å². The van der Waals surface area contributed by atoms with Gasteiger partial charge in [-0.15, -0.1) is 0 Å². The van der Waals surface area contributed by atoms with Crippen molar-refractivity contribution >= 4 is 23.3 Å². The van der Waals surface area contributed by atoms with E-state index in [2.05, 4.69) is 23.7 Å². The Kier molecular flexibility index (Phi) is 4.45. The molecule has 0 aliphatic carbocycles. The molecule has 2 heterocycles. The van der Waals surface area contributed by atoms with Crippen LogP contribution in [-0.2, 0) is 0 Å². The number of hydrogen-bond acceptors (Lipinski definition) is 5. The van der Waals surface area contributed by atoms with Crippen LogP contribution in [0.15, 0.2) is 12.1 Å². The predicted octanol–water partition coefficient (Wildman–Crippen LogP) is 2.78. The molecule has 5 heteroatoms. The van der Waals surface area contributed by atoms with Crippen LogP contribution < -0.4 is 15.4 Å². The van der Waals surface area contributed by atoms with Crippen molar-refractivity contribution in [1.82, 2.24) is 4.98 Å². The van der Waals surface area contributed by atoms with Gasteiger partial charge < -0.3 is 15.4 Å². The van der Waals surface area contributed by atoms with Crippen LogP contribution in [0.4, 0.5) is 11.5 Å². The van der Waals surface area contributed by atoms with Gasteiger partial charge in [0.15, 0.2) is 0 Å². The number of thioether (sulfide) groups is 1. The van der Waals surface area contributed by atoms with Crippen LogP contribution in [0.2, 0.25) is 0 Å². The Hall–Kier alpha value is -1.10. The smallest absolute Gasteiger partial charge is 0.239 e. The Labute approximate surface area is 119 Å². The minimum absolute atomic E-state index is 0.0818. The number of nitrogen functional groups attached to an aromatic ring is 1. The summed E-state index contributed by atoms with van der Waals surface area (Å²) in [5.41, 5.74) is 6.52. The van der Waals surface area contributed by atoms with Crippen molar-refractivity contribution in [2.75, 3.05) is 22.9 Å². The van der Waals surface area contributed by atoms with E-state index >= 15 is 0 Å². The van der Waals surface area contributed by atoms with Gasteiger partial charge in [0.1, 0.15) is 5.82 Å². The number of aromatic nitrogens is 1. The van der Waals surface area contributed by atoms with Crippen LogP contribution in [0.5, 0.6) is 5.88 Å².